The van der Waals surface area contributed by atoms with E-state index in [4.69, 9.17) is 9.47 Å². The van der Waals surface area contributed by atoms with Crippen molar-refractivity contribution in [2.75, 3.05) is 26.2 Å². The molecule has 3 heteroatoms. The Labute approximate surface area is 167 Å². The quantitative estimate of drug-likeness (QED) is 0.507. The first-order valence-corrected chi connectivity index (χ1v) is 11.2. The molecule has 1 atom stereocenters. The van der Waals surface area contributed by atoms with E-state index in [1.54, 1.807) is 0 Å². The fourth-order valence-corrected chi connectivity index (χ4v) is 5.67. The lowest BCUT2D eigenvalue weighted by atomic mass is 9.62. The highest BCUT2D eigenvalue weighted by atomic mass is 16.7. The largest absolute Gasteiger partial charge is 0.347 e. The minimum absolute atomic E-state index is 0.240. The fraction of sp³-hybridized carbons (Fsp3) is 0.833. The molecule has 1 heterocycles. The van der Waals surface area contributed by atoms with Gasteiger partial charge in [-0.2, -0.15) is 0 Å². The third kappa shape index (κ3) is 5.46. The van der Waals surface area contributed by atoms with Gasteiger partial charge < -0.3 is 9.47 Å². The first-order chi connectivity index (χ1) is 12.9. The summed E-state index contributed by atoms with van der Waals surface area (Å²) in [5, 5.41) is 0. The second-order valence-electron chi connectivity index (χ2n) is 9.72. The number of nitrogens with zero attached hydrogens (tertiary/aromatic N) is 1. The molecular formula is C24H41NO2. The Kier molecular flexibility index (Phi) is 7.21. The van der Waals surface area contributed by atoms with Gasteiger partial charge in [0.25, 0.3) is 0 Å². The van der Waals surface area contributed by atoms with Crippen molar-refractivity contribution < 1.29 is 9.47 Å². The van der Waals surface area contributed by atoms with Gasteiger partial charge in [-0.25, -0.2) is 0 Å². The molecule has 0 aromatic rings. The topological polar surface area (TPSA) is 21.7 Å². The molecule has 2 saturated carbocycles. The van der Waals surface area contributed by atoms with E-state index in [2.05, 4.69) is 31.9 Å². The van der Waals surface area contributed by atoms with Crippen LogP contribution in [0.3, 0.4) is 0 Å². The lowest BCUT2D eigenvalue weighted by Crippen LogP contribution is -2.41. The van der Waals surface area contributed by atoms with Crippen LogP contribution in [-0.4, -0.2) is 43.0 Å². The summed E-state index contributed by atoms with van der Waals surface area (Å²) in [6, 6.07) is 0. The molecule has 3 fully saturated rings. The highest BCUT2D eigenvalue weighted by molar-refractivity contribution is 4.95. The van der Waals surface area contributed by atoms with Crippen LogP contribution in [0.25, 0.3) is 0 Å². The standard InChI is InChI=1S/C24H41NO2/c1-5-16-25(18-20(2)3)17-11-22-19-26-24(27-22)14-9-21(10-15-24)23(4)12-7-6-8-13-23/h5,21-22H,1-2,6-19H2,3-4H3. The van der Waals surface area contributed by atoms with Crippen molar-refractivity contribution in [2.45, 2.75) is 89.9 Å². The normalized spacial score (nSPS) is 33.4. The van der Waals surface area contributed by atoms with E-state index in [1.807, 2.05) is 6.08 Å². The van der Waals surface area contributed by atoms with Crippen molar-refractivity contribution in [1.29, 1.82) is 0 Å². The molecule has 2 aliphatic carbocycles. The Morgan fingerprint density at radius 2 is 1.85 bits per heavy atom. The maximum Gasteiger partial charge on any atom is 0.168 e. The second-order valence-corrected chi connectivity index (χ2v) is 9.72. The van der Waals surface area contributed by atoms with Crippen LogP contribution in [-0.2, 0) is 9.47 Å². The summed E-state index contributed by atoms with van der Waals surface area (Å²) in [4.78, 5) is 2.39. The van der Waals surface area contributed by atoms with Gasteiger partial charge in [0.15, 0.2) is 5.79 Å². The SMILES string of the molecule is C=CCN(CCC1COC2(CCC(C3(C)CCCCC3)CC2)O1)CC(=C)C. The third-order valence-corrected chi connectivity index (χ3v) is 7.29. The molecule has 0 aromatic heterocycles. The summed E-state index contributed by atoms with van der Waals surface area (Å²) in [6.07, 6.45) is 15.1. The summed E-state index contributed by atoms with van der Waals surface area (Å²) >= 11 is 0. The van der Waals surface area contributed by atoms with Crippen LogP contribution in [0, 0.1) is 11.3 Å². The van der Waals surface area contributed by atoms with Crippen molar-refractivity contribution in [3.63, 3.8) is 0 Å². The van der Waals surface area contributed by atoms with Crippen molar-refractivity contribution in [3.8, 4) is 0 Å². The fourth-order valence-electron chi connectivity index (χ4n) is 5.67. The molecule has 1 unspecified atom stereocenters. The van der Waals surface area contributed by atoms with Crippen molar-refractivity contribution in [1.82, 2.24) is 4.90 Å². The zero-order valence-corrected chi connectivity index (χ0v) is 17.8. The summed E-state index contributed by atoms with van der Waals surface area (Å²) in [5.74, 6) is 0.595. The van der Waals surface area contributed by atoms with Gasteiger partial charge in [0.2, 0.25) is 0 Å². The van der Waals surface area contributed by atoms with Crippen LogP contribution in [0.4, 0.5) is 0 Å². The van der Waals surface area contributed by atoms with Crippen LogP contribution in [0.15, 0.2) is 24.8 Å². The summed E-state index contributed by atoms with van der Waals surface area (Å²) < 4.78 is 12.8. The van der Waals surface area contributed by atoms with Crippen LogP contribution >= 0.6 is 0 Å². The van der Waals surface area contributed by atoms with Gasteiger partial charge in [0.05, 0.1) is 12.7 Å². The summed E-state index contributed by atoms with van der Waals surface area (Å²) in [5.41, 5.74) is 1.78. The van der Waals surface area contributed by atoms with Gasteiger partial charge in [0, 0.05) is 32.5 Å². The van der Waals surface area contributed by atoms with E-state index in [1.165, 1.54) is 50.5 Å². The van der Waals surface area contributed by atoms with Gasteiger partial charge in [-0.15, -0.1) is 6.58 Å². The Morgan fingerprint density at radius 3 is 2.48 bits per heavy atom. The number of hydrogen-bond acceptors (Lipinski definition) is 3. The Bertz CT molecular complexity index is 501. The molecule has 0 amide bonds. The smallest absolute Gasteiger partial charge is 0.168 e. The highest BCUT2D eigenvalue weighted by Gasteiger charge is 2.47. The summed E-state index contributed by atoms with van der Waals surface area (Å²) in [6.45, 7) is 16.2. The van der Waals surface area contributed by atoms with E-state index in [-0.39, 0.29) is 11.9 Å². The molecule has 3 aliphatic rings. The number of ether oxygens (including phenoxy) is 2. The molecule has 154 valence electrons. The van der Waals surface area contributed by atoms with Gasteiger partial charge >= 0.3 is 0 Å². The van der Waals surface area contributed by atoms with Gasteiger partial charge in [-0.05, 0) is 50.4 Å². The van der Waals surface area contributed by atoms with Crippen LogP contribution in [0.5, 0.6) is 0 Å². The first-order valence-electron chi connectivity index (χ1n) is 11.2. The molecule has 1 spiro atoms. The molecule has 0 N–H and O–H groups in total. The van der Waals surface area contributed by atoms with Gasteiger partial charge in [-0.1, -0.05) is 44.4 Å². The van der Waals surface area contributed by atoms with Crippen LogP contribution < -0.4 is 0 Å². The first kappa shape index (κ1) is 21.1. The zero-order valence-electron chi connectivity index (χ0n) is 17.8. The van der Waals surface area contributed by atoms with E-state index >= 15 is 0 Å². The Morgan fingerprint density at radius 1 is 1.15 bits per heavy atom. The predicted molar refractivity (Wildman–Crippen MR) is 113 cm³/mol. The molecule has 3 nitrogen and oxygen atoms in total. The van der Waals surface area contributed by atoms with Gasteiger partial charge in [-0.3, -0.25) is 4.90 Å². The molecule has 0 bridgehead atoms. The number of hydrogen-bond donors (Lipinski definition) is 0. The molecule has 0 aromatic carbocycles. The minimum atomic E-state index is -0.274. The second kappa shape index (κ2) is 9.24. The van der Waals surface area contributed by atoms with Crippen molar-refractivity contribution in [3.05, 3.63) is 24.8 Å². The van der Waals surface area contributed by atoms with E-state index in [0.717, 1.165) is 51.4 Å². The monoisotopic (exact) mass is 375 g/mol. The number of rotatable bonds is 8. The average molecular weight is 376 g/mol. The lowest BCUT2D eigenvalue weighted by Gasteiger charge is -2.46. The van der Waals surface area contributed by atoms with Crippen molar-refractivity contribution in [2.24, 2.45) is 11.3 Å². The van der Waals surface area contributed by atoms with Crippen LogP contribution in [0.2, 0.25) is 0 Å². The van der Waals surface area contributed by atoms with E-state index in [0.29, 0.717) is 5.41 Å². The van der Waals surface area contributed by atoms with E-state index in [9.17, 15) is 0 Å². The molecule has 27 heavy (non-hydrogen) atoms. The minimum Gasteiger partial charge on any atom is -0.347 e. The molecule has 1 saturated heterocycles. The molecule has 3 rings (SSSR count). The van der Waals surface area contributed by atoms with Crippen molar-refractivity contribution >= 4 is 0 Å². The maximum absolute atomic E-state index is 6.49. The average Bonchev–Trinajstić information content (AvgIpc) is 3.03. The van der Waals surface area contributed by atoms with E-state index < -0.39 is 0 Å². The van der Waals surface area contributed by atoms with Crippen LogP contribution in [0.1, 0.15) is 78.1 Å². The summed E-state index contributed by atoms with van der Waals surface area (Å²) in [7, 11) is 0. The van der Waals surface area contributed by atoms with Gasteiger partial charge in [0.1, 0.15) is 0 Å². The molecule has 1 aliphatic heterocycles. The lowest BCUT2D eigenvalue weighted by molar-refractivity contribution is -0.199. The zero-order chi connectivity index (χ0) is 19.3. The molecular weight excluding hydrogens is 334 g/mol. The third-order valence-electron chi connectivity index (χ3n) is 7.29. The Balaban J connectivity index is 1.45. The highest BCUT2D eigenvalue weighted by Crippen LogP contribution is 2.51. The molecule has 0 radical (unpaired) electrons. The maximum atomic E-state index is 6.49. The Hall–Kier alpha value is -0.640. The predicted octanol–water partition coefficient (Wildman–Crippen LogP) is 5.71.